The first-order valence-corrected chi connectivity index (χ1v) is 5.77. The number of nitrogens with two attached hydrogens (primary N) is 1. The van der Waals surface area contributed by atoms with Crippen molar-refractivity contribution in [2.45, 2.75) is 19.5 Å². The molecule has 0 saturated carbocycles. The van der Waals surface area contributed by atoms with Crippen molar-refractivity contribution in [3.05, 3.63) is 28.5 Å². The van der Waals surface area contributed by atoms with Gasteiger partial charge in [-0.25, -0.2) is 4.98 Å². The molecule has 2 rings (SSSR count). The third-order valence-corrected chi connectivity index (χ3v) is 2.89. The molecule has 3 nitrogen and oxygen atoms in total. The quantitative estimate of drug-likeness (QED) is 0.857. The number of aromatic nitrogens is 2. The molecule has 0 aliphatic heterocycles. The molecule has 4 heteroatoms. The SMILES string of the molecule is C#CCn1c(C(C)N)nc2cc(Br)ccc21. The lowest BCUT2D eigenvalue weighted by atomic mass is 10.3. The molecule has 1 aromatic heterocycles. The summed E-state index contributed by atoms with van der Waals surface area (Å²) in [6.07, 6.45) is 5.36. The highest BCUT2D eigenvalue weighted by atomic mass is 79.9. The van der Waals surface area contributed by atoms with Crippen LogP contribution in [0.2, 0.25) is 0 Å². The first-order valence-electron chi connectivity index (χ1n) is 4.98. The van der Waals surface area contributed by atoms with Crippen molar-refractivity contribution in [1.82, 2.24) is 9.55 Å². The summed E-state index contributed by atoms with van der Waals surface area (Å²) in [5.41, 5.74) is 7.82. The van der Waals surface area contributed by atoms with Crippen LogP contribution in [0.3, 0.4) is 0 Å². The first-order chi connectivity index (χ1) is 7.63. The topological polar surface area (TPSA) is 43.8 Å². The Hall–Kier alpha value is -1.31. The van der Waals surface area contributed by atoms with Gasteiger partial charge in [0.25, 0.3) is 0 Å². The average molecular weight is 278 g/mol. The summed E-state index contributed by atoms with van der Waals surface area (Å²) in [7, 11) is 0. The van der Waals surface area contributed by atoms with Crippen LogP contribution >= 0.6 is 15.9 Å². The first kappa shape index (κ1) is 11.2. The highest BCUT2D eigenvalue weighted by Gasteiger charge is 2.13. The van der Waals surface area contributed by atoms with Gasteiger partial charge >= 0.3 is 0 Å². The zero-order chi connectivity index (χ0) is 11.7. The fourth-order valence-corrected chi connectivity index (χ4v) is 2.08. The smallest absolute Gasteiger partial charge is 0.127 e. The number of hydrogen-bond acceptors (Lipinski definition) is 2. The van der Waals surface area contributed by atoms with Gasteiger partial charge in [-0.15, -0.1) is 6.42 Å². The Labute approximate surface area is 103 Å². The van der Waals surface area contributed by atoms with Gasteiger partial charge in [0.05, 0.1) is 23.6 Å². The summed E-state index contributed by atoms with van der Waals surface area (Å²) in [5.74, 6) is 3.45. The Balaban J connectivity index is 2.71. The molecular weight excluding hydrogens is 266 g/mol. The lowest BCUT2D eigenvalue weighted by Gasteiger charge is -2.07. The number of benzene rings is 1. The molecule has 0 spiro atoms. The summed E-state index contributed by atoms with van der Waals surface area (Å²) in [6.45, 7) is 2.40. The van der Waals surface area contributed by atoms with E-state index < -0.39 is 0 Å². The molecular formula is C12H12BrN3. The third-order valence-electron chi connectivity index (χ3n) is 2.40. The molecule has 1 unspecified atom stereocenters. The van der Waals surface area contributed by atoms with E-state index in [1.807, 2.05) is 29.7 Å². The molecule has 0 radical (unpaired) electrons. The summed E-state index contributed by atoms with van der Waals surface area (Å²) in [4.78, 5) is 4.50. The third kappa shape index (κ3) is 1.84. The Morgan fingerprint density at radius 2 is 2.38 bits per heavy atom. The van der Waals surface area contributed by atoms with Gasteiger partial charge in [-0.1, -0.05) is 21.9 Å². The van der Waals surface area contributed by atoms with Crippen LogP contribution in [0.1, 0.15) is 18.8 Å². The van der Waals surface area contributed by atoms with Crippen molar-refractivity contribution in [2.24, 2.45) is 5.73 Å². The maximum atomic E-state index is 5.88. The summed E-state index contributed by atoms with van der Waals surface area (Å²) in [5, 5.41) is 0. The molecule has 16 heavy (non-hydrogen) atoms. The minimum atomic E-state index is -0.125. The Morgan fingerprint density at radius 1 is 1.62 bits per heavy atom. The molecule has 2 N–H and O–H groups in total. The van der Waals surface area contributed by atoms with Gasteiger partial charge in [0, 0.05) is 4.47 Å². The van der Waals surface area contributed by atoms with Gasteiger partial charge in [0.2, 0.25) is 0 Å². The Bertz CT molecular complexity index is 563. The minimum Gasteiger partial charge on any atom is -0.322 e. The highest BCUT2D eigenvalue weighted by Crippen LogP contribution is 2.23. The molecule has 1 heterocycles. The second-order valence-corrected chi connectivity index (χ2v) is 4.60. The molecule has 0 saturated heterocycles. The largest absolute Gasteiger partial charge is 0.322 e. The van der Waals surface area contributed by atoms with Gasteiger partial charge in [-0.05, 0) is 25.1 Å². The van der Waals surface area contributed by atoms with Crippen LogP contribution in [0.15, 0.2) is 22.7 Å². The van der Waals surface area contributed by atoms with E-state index in [0.717, 1.165) is 21.3 Å². The molecule has 1 aromatic carbocycles. The molecule has 2 aromatic rings. The Kier molecular flexibility index (Phi) is 2.99. The zero-order valence-corrected chi connectivity index (χ0v) is 10.5. The second kappa shape index (κ2) is 4.28. The van der Waals surface area contributed by atoms with Crippen molar-refractivity contribution in [2.75, 3.05) is 0 Å². The monoisotopic (exact) mass is 277 g/mol. The van der Waals surface area contributed by atoms with Crippen LogP contribution < -0.4 is 5.73 Å². The fourth-order valence-electron chi connectivity index (χ4n) is 1.73. The highest BCUT2D eigenvalue weighted by molar-refractivity contribution is 9.10. The maximum Gasteiger partial charge on any atom is 0.127 e. The van der Waals surface area contributed by atoms with E-state index in [1.165, 1.54) is 0 Å². The molecule has 82 valence electrons. The predicted molar refractivity (Wildman–Crippen MR) is 68.9 cm³/mol. The van der Waals surface area contributed by atoms with Crippen molar-refractivity contribution < 1.29 is 0 Å². The van der Waals surface area contributed by atoms with E-state index in [-0.39, 0.29) is 6.04 Å². The van der Waals surface area contributed by atoms with E-state index in [4.69, 9.17) is 12.2 Å². The van der Waals surface area contributed by atoms with E-state index >= 15 is 0 Å². The molecule has 1 atom stereocenters. The zero-order valence-electron chi connectivity index (χ0n) is 8.94. The standard InChI is InChI=1S/C12H12BrN3/c1-3-6-16-11-5-4-9(13)7-10(11)15-12(16)8(2)14/h1,4-5,7-8H,6,14H2,2H3. The molecule has 0 fully saturated rings. The molecule has 0 aliphatic rings. The molecule has 0 aliphatic carbocycles. The second-order valence-electron chi connectivity index (χ2n) is 3.68. The average Bonchev–Trinajstić information content (AvgIpc) is 2.57. The van der Waals surface area contributed by atoms with Crippen LogP contribution in [0.5, 0.6) is 0 Å². The van der Waals surface area contributed by atoms with Gasteiger partial charge in [0.15, 0.2) is 0 Å². The van der Waals surface area contributed by atoms with Crippen LogP contribution in [-0.4, -0.2) is 9.55 Å². The normalized spacial score (nSPS) is 12.6. The van der Waals surface area contributed by atoms with E-state index in [9.17, 15) is 0 Å². The van der Waals surface area contributed by atoms with Crippen LogP contribution in [0, 0.1) is 12.3 Å². The van der Waals surface area contributed by atoms with Crippen LogP contribution in [-0.2, 0) is 6.54 Å². The Morgan fingerprint density at radius 3 is 3.00 bits per heavy atom. The summed E-state index contributed by atoms with van der Waals surface area (Å²) in [6, 6.07) is 5.81. The fraction of sp³-hybridized carbons (Fsp3) is 0.250. The number of hydrogen-bond donors (Lipinski definition) is 1. The van der Waals surface area contributed by atoms with Gasteiger partial charge in [0.1, 0.15) is 5.82 Å². The van der Waals surface area contributed by atoms with Crippen molar-refractivity contribution in [1.29, 1.82) is 0 Å². The minimum absolute atomic E-state index is 0.125. The lowest BCUT2D eigenvalue weighted by molar-refractivity contribution is 0.677. The summed E-state index contributed by atoms with van der Waals surface area (Å²) >= 11 is 3.42. The number of terminal acetylenes is 1. The maximum absolute atomic E-state index is 5.88. The van der Waals surface area contributed by atoms with E-state index in [2.05, 4.69) is 26.8 Å². The van der Waals surface area contributed by atoms with E-state index in [1.54, 1.807) is 0 Å². The van der Waals surface area contributed by atoms with Crippen LogP contribution in [0.25, 0.3) is 11.0 Å². The van der Waals surface area contributed by atoms with Gasteiger partial charge in [-0.3, -0.25) is 0 Å². The van der Waals surface area contributed by atoms with Crippen molar-refractivity contribution >= 4 is 27.0 Å². The number of imidazole rings is 1. The number of fused-ring (bicyclic) bond motifs is 1. The number of rotatable bonds is 2. The molecule has 0 bridgehead atoms. The van der Waals surface area contributed by atoms with Crippen LogP contribution in [0.4, 0.5) is 0 Å². The van der Waals surface area contributed by atoms with E-state index in [0.29, 0.717) is 6.54 Å². The number of nitrogens with zero attached hydrogens (tertiary/aromatic N) is 2. The van der Waals surface area contributed by atoms with Gasteiger partial charge in [-0.2, -0.15) is 0 Å². The molecule has 0 amide bonds. The lowest BCUT2D eigenvalue weighted by Crippen LogP contribution is -2.13. The van der Waals surface area contributed by atoms with Crippen molar-refractivity contribution in [3.63, 3.8) is 0 Å². The number of halogens is 1. The predicted octanol–water partition coefficient (Wildman–Crippen LogP) is 2.45. The van der Waals surface area contributed by atoms with Crippen molar-refractivity contribution in [3.8, 4) is 12.3 Å². The summed E-state index contributed by atoms with van der Waals surface area (Å²) < 4.78 is 2.98. The van der Waals surface area contributed by atoms with Gasteiger partial charge < -0.3 is 10.3 Å².